The van der Waals surface area contributed by atoms with Crippen molar-refractivity contribution in [2.24, 2.45) is 0 Å². The molecule has 5 nitrogen and oxygen atoms in total. The quantitative estimate of drug-likeness (QED) is 0.723. The molecule has 0 aliphatic rings. The normalized spacial score (nSPS) is 10.3. The van der Waals surface area contributed by atoms with Crippen molar-refractivity contribution in [2.75, 3.05) is 19.0 Å². The molecule has 0 aliphatic carbocycles. The fraction of sp³-hybridized carbons (Fsp3) is 0.100. The van der Waals surface area contributed by atoms with Gasteiger partial charge in [0.15, 0.2) is 6.61 Å². The van der Waals surface area contributed by atoms with Crippen LogP contribution in [0.3, 0.4) is 0 Å². The van der Waals surface area contributed by atoms with Gasteiger partial charge in [0.2, 0.25) is 0 Å². The number of nitrogens with one attached hydrogen (secondary N) is 1. The van der Waals surface area contributed by atoms with E-state index in [0.29, 0.717) is 11.4 Å². The number of carbonyl (C=O) groups is 2. The van der Waals surface area contributed by atoms with Gasteiger partial charge in [0.25, 0.3) is 5.91 Å². The van der Waals surface area contributed by atoms with Gasteiger partial charge in [-0.15, -0.1) is 0 Å². The molecule has 3 rings (SSSR count). The average molecular weight is 335 g/mol. The summed E-state index contributed by atoms with van der Waals surface area (Å²) in [5, 5.41) is 4.51. The van der Waals surface area contributed by atoms with Crippen LogP contribution in [-0.2, 0) is 9.53 Å². The Kier molecular flexibility index (Phi) is 4.95. The minimum Gasteiger partial charge on any atom is -0.496 e. The molecule has 0 saturated carbocycles. The molecule has 0 radical (unpaired) electrons. The van der Waals surface area contributed by atoms with Gasteiger partial charge in [0.05, 0.1) is 7.11 Å². The van der Waals surface area contributed by atoms with Crippen LogP contribution < -0.4 is 10.1 Å². The van der Waals surface area contributed by atoms with E-state index in [4.69, 9.17) is 9.47 Å². The number of para-hydroxylation sites is 1. The van der Waals surface area contributed by atoms with Crippen LogP contribution >= 0.6 is 0 Å². The fourth-order valence-corrected chi connectivity index (χ4v) is 2.48. The second-order valence-electron chi connectivity index (χ2n) is 5.39. The average Bonchev–Trinajstić information content (AvgIpc) is 2.65. The van der Waals surface area contributed by atoms with Crippen LogP contribution in [0.25, 0.3) is 10.8 Å². The first-order chi connectivity index (χ1) is 12.2. The van der Waals surface area contributed by atoms with Gasteiger partial charge in [-0.25, -0.2) is 4.79 Å². The molecule has 0 bridgehead atoms. The minimum atomic E-state index is -0.606. The van der Waals surface area contributed by atoms with E-state index in [1.807, 2.05) is 42.5 Å². The van der Waals surface area contributed by atoms with Crippen LogP contribution in [-0.4, -0.2) is 25.6 Å². The van der Waals surface area contributed by atoms with Crippen LogP contribution in [0.15, 0.2) is 66.7 Å². The van der Waals surface area contributed by atoms with E-state index in [2.05, 4.69) is 5.32 Å². The first-order valence-corrected chi connectivity index (χ1v) is 7.76. The van der Waals surface area contributed by atoms with Gasteiger partial charge in [0.1, 0.15) is 11.3 Å². The molecule has 0 aromatic heterocycles. The standard InChI is InChI=1S/C20H17NO4/c1-24-18-12-15-8-6-5-7-14(15)11-17(18)20(23)25-13-19(22)21-16-9-3-2-4-10-16/h2-12H,13H2,1H3,(H,21,22). The van der Waals surface area contributed by atoms with Crippen molar-refractivity contribution in [1.82, 2.24) is 0 Å². The highest BCUT2D eigenvalue weighted by Gasteiger charge is 2.16. The zero-order valence-corrected chi connectivity index (χ0v) is 13.7. The van der Waals surface area contributed by atoms with E-state index in [9.17, 15) is 9.59 Å². The summed E-state index contributed by atoms with van der Waals surface area (Å²) in [4.78, 5) is 24.2. The number of carbonyl (C=O) groups excluding carboxylic acids is 2. The number of fused-ring (bicyclic) bond motifs is 1. The Bertz CT molecular complexity index is 906. The molecule has 0 unspecified atom stereocenters. The Labute approximate surface area is 145 Å². The molecule has 0 aliphatic heterocycles. The number of esters is 1. The topological polar surface area (TPSA) is 64.6 Å². The van der Waals surface area contributed by atoms with Gasteiger partial charge < -0.3 is 14.8 Å². The van der Waals surface area contributed by atoms with E-state index < -0.39 is 11.9 Å². The molecule has 25 heavy (non-hydrogen) atoms. The van der Waals surface area contributed by atoms with E-state index in [0.717, 1.165) is 10.8 Å². The summed E-state index contributed by atoms with van der Waals surface area (Å²) in [7, 11) is 1.49. The molecule has 0 saturated heterocycles. The highest BCUT2D eigenvalue weighted by molar-refractivity contribution is 6.00. The molecule has 0 fully saturated rings. The lowest BCUT2D eigenvalue weighted by atomic mass is 10.1. The zero-order chi connectivity index (χ0) is 17.6. The maximum Gasteiger partial charge on any atom is 0.342 e. The summed E-state index contributed by atoms with van der Waals surface area (Å²) >= 11 is 0. The summed E-state index contributed by atoms with van der Waals surface area (Å²) < 4.78 is 10.4. The minimum absolute atomic E-state index is 0.286. The molecule has 0 atom stereocenters. The van der Waals surface area contributed by atoms with E-state index in [1.165, 1.54) is 7.11 Å². The summed E-state index contributed by atoms with van der Waals surface area (Å²) in [6.45, 7) is -0.371. The Morgan fingerprint density at radius 2 is 1.56 bits per heavy atom. The highest BCUT2D eigenvalue weighted by atomic mass is 16.5. The Balaban J connectivity index is 1.70. The second-order valence-corrected chi connectivity index (χ2v) is 5.39. The second kappa shape index (κ2) is 7.49. The lowest BCUT2D eigenvalue weighted by Gasteiger charge is -2.11. The van der Waals surface area contributed by atoms with Crippen molar-refractivity contribution < 1.29 is 19.1 Å². The van der Waals surface area contributed by atoms with Crippen LogP contribution in [0, 0.1) is 0 Å². The molecule has 0 heterocycles. The van der Waals surface area contributed by atoms with Crippen molar-refractivity contribution >= 4 is 28.3 Å². The number of rotatable bonds is 5. The summed E-state index contributed by atoms with van der Waals surface area (Å²) in [6, 6.07) is 20.1. The first-order valence-electron chi connectivity index (χ1n) is 7.76. The van der Waals surface area contributed by atoms with Gasteiger partial charge >= 0.3 is 5.97 Å². The van der Waals surface area contributed by atoms with E-state index in [-0.39, 0.29) is 12.2 Å². The van der Waals surface area contributed by atoms with Crippen LogP contribution in [0.5, 0.6) is 5.75 Å². The SMILES string of the molecule is COc1cc2ccccc2cc1C(=O)OCC(=O)Nc1ccccc1. The van der Waals surface area contributed by atoms with Gasteiger partial charge in [0, 0.05) is 5.69 Å². The Hall–Kier alpha value is -3.34. The lowest BCUT2D eigenvalue weighted by Crippen LogP contribution is -2.21. The maximum absolute atomic E-state index is 12.3. The molecule has 0 spiro atoms. The molecule has 3 aromatic carbocycles. The molecule has 5 heteroatoms. The van der Waals surface area contributed by atoms with E-state index in [1.54, 1.807) is 24.3 Å². The third-order valence-electron chi connectivity index (χ3n) is 3.68. The van der Waals surface area contributed by atoms with Gasteiger partial charge in [-0.3, -0.25) is 4.79 Å². The van der Waals surface area contributed by atoms with Crippen molar-refractivity contribution in [3.63, 3.8) is 0 Å². The van der Waals surface area contributed by atoms with E-state index >= 15 is 0 Å². The van der Waals surface area contributed by atoms with Gasteiger partial charge in [-0.2, -0.15) is 0 Å². The highest BCUT2D eigenvalue weighted by Crippen LogP contribution is 2.26. The van der Waals surface area contributed by atoms with Crippen LogP contribution in [0.4, 0.5) is 5.69 Å². The summed E-state index contributed by atoms with van der Waals surface area (Å²) in [6.07, 6.45) is 0. The fourth-order valence-electron chi connectivity index (χ4n) is 2.48. The van der Waals surface area contributed by atoms with Crippen LogP contribution in [0.1, 0.15) is 10.4 Å². The molecular weight excluding hydrogens is 318 g/mol. The van der Waals surface area contributed by atoms with Crippen molar-refractivity contribution in [2.45, 2.75) is 0 Å². The molecule has 1 amide bonds. The van der Waals surface area contributed by atoms with Crippen molar-refractivity contribution in [3.05, 3.63) is 72.3 Å². The number of anilines is 1. The van der Waals surface area contributed by atoms with Crippen LogP contribution in [0.2, 0.25) is 0 Å². The smallest absolute Gasteiger partial charge is 0.342 e. The monoisotopic (exact) mass is 335 g/mol. The predicted molar refractivity (Wildman–Crippen MR) is 95.9 cm³/mol. The lowest BCUT2D eigenvalue weighted by molar-refractivity contribution is -0.119. The first kappa shape index (κ1) is 16.5. The van der Waals surface area contributed by atoms with Crippen molar-refractivity contribution in [3.8, 4) is 5.75 Å². The number of methoxy groups -OCH3 is 1. The summed E-state index contributed by atoms with van der Waals surface area (Å²) in [5.74, 6) is -0.600. The van der Waals surface area contributed by atoms with Gasteiger partial charge in [-0.1, -0.05) is 42.5 Å². The zero-order valence-electron chi connectivity index (χ0n) is 13.7. The molecule has 3 aromatic rings. The number of amides is 1. The largest absolute Gasteiger partial charge is 0.496 e. The number of benzene rings is 3. The number of hydrogen-bond acceptors (Lipinski definition) is 4. The molecular formula is C20H17NO4. The third-order valence-corrected chi connectivity index (χ3v) is 3.68. The predicted octanol–water partition coefficient (Wildman–Crippen LogP) is 3.64. The Morgan fingerprint density at radius 1 is 0.920 bits per heavy atom. The van der Waals surface area contributed by atoms with Crippen molar-refractivity contribution in [1.29, 1.82) is 0 Å². The molecule has 126 valence electrons. The third kappa shape index (κ3) is 3.95. The maximum atomic E-state index is 12.3. The number of hydrogen-bond donors (Lipinski definition) is 1. The number of ether oxygens (including phenoxy) is 2. The Morgan fingerprint density at radius 3 is 2.24 bits per heavy atom. The summed E-state index contributed by atoms with van der Waals surface area (Å²) in [5.41, 5.74) is 0.931. The molecule has 1 N–H and O–H groups in total. The van der Waals surface area contributed by atoms with Gasteiger partial charge in [-0.05, 0) is 35.0 Å².